The number of carbonyl (C=O) groups is 3. The van der Waals surface area contributed by atoms with Crippen LogP contribution in [-0.4, -0.2) is 72.3 Å². The molecule has 2 N–H and O–H groups in total. The topological polar surface area (TPSA) is 94.6 Å². The molecule has 0 unspecified atom stereocenters. The highest BCUT2D eigenvalue weighted by Crippen LogP contribution is 2.29. The number of carbonyl (C=O) groups excluding carboxylic acids is 3. The molecule has 1 aromatic heterocycles. The molecule has 1 aromatic carbocycles. The van der Waals surface area contributed by atoms with Gasteiger partial charge in [0.25, 0.3) is 5.91 Å². The predicted molar refractivity (Wildman–Crippen MR) is 121 cm³/mol. The van der Waals surface area contributed by atoms with E-state index in [1.807, 2.05) is 44.1 Å². The predicted octanol–water partition coefficient (Wildman–Crippen LogP) is 1.92. The Morgan fingerprint density at radius 2 is 1.90 bits per heavy atom. The molecule has 0 radical (unpaired) electrons. The monoisotopic (exact) mass is 443 g/mol. The quantitative estimate of drug-likeness (QED) is 0.585. The maximum absolute atomic E-state index is 13.0. The number of rotatable bonds is 10. The van der Waals surface area contributed by atoms with Crippen LogP contribution in [0.2, 0.25) is 0 Å². The summed E-state index contributed by atoms with van der Waals surface area (Å²) in [5, 5.41) is 7.80. The molecular formula is C22H29N5O3S. The summed E-state index contributed by atoms with van der Waals surface area (Å²) in [5.41, 5.74) is 2.13. The molecular weight excluding hydrogens is 414 g/mol. The first kappa shape index (κ1) is 22.9. The van der Waals surface area contributed by atoms with Gasteiger partial charge >= 0.3 is 0 Å². The second-order valence-electron chi connectivity index (χ2n) is 8.00. The summed E-state index contributed by atoms with van der Waals surface area (Å²) in [4.78, 5) is 45.5. The van der Waals surface area contributed by atoms with Gasteiger partial charge in [0.15, 0.2) is 5.13 Å². The number of amides is 3. The lowest BCUT2D eigenvalue weighted by molar-refractivity contribution is -0.120. The van der Waals surface area contributed by atoms with Crippen LogP contribution < -0.4 is 10.6 Å². The summed E-state index contributed by atoms with van der Waals surface area (Å²) >= 11 is 1.27. The van der Waals surface area contributed by atoms with Crippen molar-refractivity contribution in [1.82, 2.24) is 20.1 Å². The minimum Gasteiger partial charge on any atom is -0.354 e. The minimum atomic E-state index is -0.287. The summed E-state index contributed by atoms with van der Waals surface area (Å²) in [6.07, 6.45) is 1.99. The highest BCUT2D eigenvalue weighted by molar-refractivity contribution is 7.13. The van der Waals surface area contributed by atoms with Crippen molar-refractivity contribution < 1.29 is 14.4 Å². The van der Waals surface area contributed by atoms with Crippen molar-refractivity contribution in [2.75, 3.05) is 39.0 Å². The van der Waals surface area contributed by atoms with Gasteiger partial charge in [0.1, 0.15) is 6.54 Å². The van der Waals surface area contributed by atoms with Crippen LogP contribution in [0, 0.1) is 6.92 Å². The molecule has 1 heterocycles. The zero-order chi connectivity index (χ0) is 22.4. The maximum Gasteiger partial charge on any atom is 0.254 e. The van der Waals surface area contributed by atoms with Crippen LogP contribution in [0.4, 0.5) is 5.13 Å². The van der Waals surface area contributed by atoms with Gasteiger partial charge in [0.05, 0.1) is 12.1 Å². The van der Waals surface area contributed by atoms with E-state index in [-0.39, 0.29) is 36.7 Å². The smallest absolute Gasteiger partial charge is 0.254 e. The summed E-state index contributed by atoms with van der Waals surface area (Å²) < 4.78 is 0. The molecule has 9 heteroatoms. The molecule has 8 nitrogen and oxygen atoms in total. The van der Waals surface area contributed by atoms with Gasteiger partial charge in [-0.1, -0.05) is 18.2 Å². The Balaban J connectivity index is 1.53. The van der Waals surface area contributed by atoms with Crippen LogP contribution >= 0.6 is 11.3 Å². The van der Waals surface area contributed by atoms with Gasteiger partial charge < -0.3 is 20.4 Å². The van der Waals surface area contributed by atoms with Crippen molar-refractivity contribution in [3.8, 4) is 0 Å². The maximum atomic E-state index is 13.0. The van der Waals surface area contributed by atoms with Crippen molar-refractivity contribution in [2.45, 2.75) is 32.2 Å². The number of likely N-dealkylation sites (N-methyl/N-ethyl adjacent to an activating group) is 1. The van der Waals surface area contributed by atoms with E-state index in [4.69, 9.17) is 0 Å². The molecule has 0 spiro atoms. The molecule has 1 aliphatic rings. The summed E-state index contributed by atoms with van der Waals surface area (Å²) in [6, 6.07) is 7.52. The average Bonchev–Trinajstić information content (AvgIpc) is 3.46. The lowest BCUT2D eigenvalue weighted by Crippen LogP contribution is -2.39. The van der Waals surface area contributed by atoms with Gasteiger partial charge in [0, 0.05) is 30.1 Å². The van der Waals surface area contributed by atoms with Crippen LogP contribution in [0.1, 0.15) is 34.5 Å². The van der Waals surface area contributed by atoms with Gasteiger partial charge in [-0.15, -0.1) is 11.3 Å². The number of aromatic nitrogens is 1. The fourth-order valence-electron chi connectivity index (χ4n) is 3.13. The van der Waals surface area contributed by atoms with Gasteiger partial charge in [-0.2, -0.15) is 0 Å². The van der Waals surface area contributed by atoms with E-state index in [1.165, 1.54) is 11.3 Å². The second-order valence-corrected chi connectivity index (χ2v) is 8.86. The highest BCUT2D eigenvalue weighted by atomic mass is 32.1. The standard InChI is InChI=1S/C22H29N5O3S/c1-15-6-4-5-7-18(15)21(30)27(17-8-9-17)13-20(29)25-22-24-16(14-31-22)12-19(28)23-10-11-26(2)3/h4-7,14,17H,8-13H2,1-3H3,(H,23,28)(H,24,25,29). The first-order chi connectivity index (χ1) is 14.8. The lowest BCUT2D eigenvalue weighted by Gasteiger charge is -2.22. The van der Waals surface area contributed by atoms with Crippen molar-refractivity contribution >= 4 is 34.2 Å². The lowest BCUT2D eigenvalue weighted by atomic mass is 10.1. The van der Waals surface area contributed by atoms with Crippen molar-refractivity contribution in [3.63, 3.8) is 0 Å². The van der Waals surface area contributed by atoms with E-state index in [0.717, 1.165) is 24.9 Å². The van der Waals surface area contributed by atoms with Crippen LogP contribution in [0.25, 0.3) is 0 Å². The molecule has 1 fully saturated rings. The van der Waals surface area contributed by atoms with Gasteiger partial charge in [0.2, 0.25) is 11.8 Å². The summed E-state index contributed by atoms with van der Waals surface area (Å²) in [5.74, 6) is -0.510. The number of nitrogens with one attached hydrogen (secondary N) is 2. The SMILES string of the molecule is Cc1ccccc1C(=O)N(CC(=O)Nc1nc(CC(=O)NCCN(C)C)cs1)C1CC1. The molecule has 166 valence electrons. The van der Waals surface area contributed by atoms with Crippen molar-refractivity contribution in [1.29, 1.82) is 0 Å². The van der Waals surface area contributed by atoms with Crippen LogP contribution in [0.5, 0.6) is 0 Å². The molecule has 3 amide bonds. The zero-order valence-electron chi connectivity index (χ0n) is 18.2. The zero-order valence-corrected chi connectivity index (χ0v) is 19.0. The fraction of sp³-hybridized carbons (Fsp3) is 0.455. The summed E-state index contributed by atoms with van der Waals surface area (Å²) in [7, 11) is 3.89. The largest absolute Gasteiger partial charge is 0.354 e. The Hall–Kier alpha value is -2.78. The molecule has 31 heavy (non-hydrogen) atoms. The number of hydrogen-bond acceptors (Lipinski definition) is 6. The number of aryl methyl sites for hydroxylation is 1. The van der Waals surface area contributed by atoms with E-state index in [0.29, 0.717) is 22.9 Å². The number of nitrogens with zero attached hydrogens (tertiary/aromatic N) is 3. The van der Waals surface area contributed by atoms with E-state index >= 15 is 0 Å². The minimum absolute atomic E-state index is 0.0161. The Morgan fingerprint density at radius 1 is 1.16 bits per heavy atom. The van der Waals surface area contributed by atoms with Crippen LogP contribution in [0.15, 0.2) is 29.6 Å². The first-order valence-electron chi connectivity index (χ1n) is 10.4. The first-order valence-corrected chi connectivity index (χ1v) is 11.2. The molecule has 2 aromatic rings. The van der Waals surface area contributed by atoms with Gasteiger partial charge in [-0.25, -0.2) is 4.98 Å². The highest BCUT2D eigenvalue weighted by Gasteiger charge is 2.34. The van der Waals surface area contributed by atoms with Crippen molar-refractivity contribution in [2.24, 2.45) is 0 Å². The molecule has 1 saturated carbocycles. The Kier molecular flexibility index (Phi) is 7.75. The molecule has 0 aliphatic heterocycles. The van der Waals surface area contributed by atoms with Gasteiger partial charge in [-0.05, 0) is 45.5 Å². The third-order valence-corrected chi connectivity index (χ3v) is 5.77. The normalized spacial score (nSPS) is 13.2. The number of anilines is 1. The fourth-order valence-corrected chi connectivity index (χ4v) is 3.85. The number of hydrogen-bond donors (Lipinski definition) is 2. The van der Waals surface area contributed by atoms with E-state index in [9.17, 15) is 14.4 Å². The molecule has 0 bridgehead atoms. The molecule has 1 aliphatic carbocycles. The summed E-state index contributed by atoms with van der Waals surface area (Å²) in [6.45, 7) is 3.22. The van der Waals surface area contributed by atoms with Crippen LogP contribution in [0.3, 0.4) is 0 Å². The number of thiazole rings is 1. The van der Waals surface area contributed by atoms with E-state index < -0.39 is 0 Å². The van der Waals surface area contributed by atoms with Crippen molar-refractivity contribution in [3.05, 3.63) is 46.5 Å². The van der Waals surface area contributed by atoms with Gasteiger partial charge in [-0.3, -0.25) is 14.4 Å². The molecule has 0 saturated heterocycles. The van der Waals surface area contributed by atoms with E-state index in [2.05, 4.69) is 15.6 Å². The molecule has 0 atom stereocenters. The Bertz CT molecular complexity index is 939. The number of benzene rings is 1. The van der Waals surface area contributed by atoms with E-state index in [1.54, 1.807) is 16.3 Å². The average molecular weight is 444 g/mol. The molecule has 3 rings (SSSR count). The Morgan fingerprint density at radius 3 is 2.58 bits per heavy atom. The third-order valence-electron chi connectivity index (χ3n) is 4.96. The Labute approximate surface area is 186 Å². The second kappa shape index (κ2) is 10.5. The van der Waals surface area contributed by atoms with Crippen LogP contribution in [-0.2, 0) is 16.0 Å². The third kappa shape index (κ3) is 6.86.